The summed E-state index contributed by atoms with van der Waals surface area (Å²) in [4.78, 5) is 8.07. The molecule has 0 amide bonds. The zero-order valence-corrected chi connectivity index (χ0v) is 9.99. The van der Waals surface area contributed by atoms with Crippen LogP contribution in [0.5, 0.6) is 0 Å². The molecule has 0 aromatic carbocycles. The molecule has 1 heterocycles. The first-order valence-electron chi connectivity index (χ1n) is 5.14. The number of aryl methyl sites for hydroxylation is 1. The molecule has 2 nitrogen and oxygen atoms in total. The van der Waals surface area contributed by atoms with Crippen molar-refractivity contribution in [1.29, 1.82) is 0 Å². The van der Waals surface area contributed by atoms with Crippen molar-refractivity contribution in [1.82, 2.24) is 5.48 Å². The van der Waals surface area contributed by atoms with E-state index in [0.717, 1.165) is 19.6 Å². The smallest absolute Gasteiger partial charge is 0.0705 e. The number of thiophene rings is 1. The van der Waals surface area contributed by atoms with E-state index in [1.165, 1.54) is 9.75 Å². The molecule has 0 aliphatic heterocycles. The van der Waals surface area contributed by atoms with Gasteiger partial charge in [-0.25, -0.2) is 0 Å². The van der Waals surface area contributed by atoms with E-state index in [-0.39, 0.29) is 0 Å². The monoisotopic (exact) mass is 213 g/mol. The molecule has 1 aromatic heterocycles. The SMILES string of the molecule is CCc1ccc(CNOCC(C)C)s1. The fourth-order valence-corrected chi connectivity index (χ4v) is 1.94. The topological polar surface area (TPSA) is 21.3 Å². The Morgan fingerprint density at radius 1 is 1.36 bits per heavy atom. The summed E-state index contributed by atoms with van der Waals surface area (Å²) in [6, 6.07) is 4.35. The van der Waals surface area contributed by atoms with E-state index >= 15 is 0 Å². The van der Waals surface area contributed by atoms with Crippen molar-refractivity contribution in [2.45, 2.75) is 33.7 Å². The minimum Gasteiger partial charge on any atom is -0.301 e. The van der Waals surface area contributed by atoms with Gasteiger partial charge in [0.2, 0.25) is 0 Å². The summed E-state index contributed by atoms with van der Waals surface area (Å²) in [6.45, 7) is 8.05. The maximum atomic E-state index is 5.30. The Balaban J connectivity index is 2.18. The van der Waals surface area contributed by atoms with E-state index in [1.54, 1.807) is 0 Å². The Labute approximate surface area is 90.2 Å². The second kappa shape index (κ2) is 6.17. The molecule has 80 valence electrons. The Morgan fingerprint density at radius 3 is 2.64 bits per heavy atom. The highest BCUT2D eigenvalue weighted by Crippen LogP contribution is 2.16. The maximum Gasteiger partial charge on any atom is 0.0705 e. The lowest BCUT2D eigenvalue weighted by atomic mass is 10.2. The van der Waals surface area contributed by atoms with Gasteiger partial charge in [0.25, 0.3) is 0 Å². The highest BCUT2D eigenvalue weighted by molar-refractivity contribution is 7.11. The molecule has 1 aromatic rings. The molecule has 0 saturated carbocycles. The minimum absolute atomic E-state index is 0.581. The minimum atomic E-state index is 0.581. The number of hydrogen-bond donors (Lipinski definition) is 1. The second-order valence-electron chi connectivity index (χ2n) is 3.75. The van der Waals surface area contributed by atoms with Crippen LogP contribution in [0.25, 0.3) is 0 Å². The van der Waals surface area contributed by atoms with Gasteiger partial charge in [0.15, 0.2) is 0 Å². The molecule has 14 heavy (non-hydrogen) atoms. The largest absolute Gasteiger partial charge is 0.301 e. The molecule has 0 spiro atoms. The molecule has 0 atom stereocenters. The summed E-state index contributed by atoms with van der Waals surface area (Å²) in [5.41, 5.74) is 2.98. The first-order chi connectivity index (χ1) is 6.72. The van der Waals surface area contributed by atoms with Crippen LogP contribution in [0, 0.1) is 5.92 Å². The first kappa shape index (κ1) is 11.7. The van der Waals surface area contributed by atoms with E-state index in [2.05, 4.69) is 38.4 Å². The molecule has 0 radical (unpaired) electrons. The Bertz CT molecular complexity index is 258. The summed E-state index contributed by atoms with van der Waals surface area (Å²) < 4.78 is 0. The standard InChI is InChI=1S/C11H19NOS/c1-4-10-5-6-11(14-10)7-12-13-8-9(2)3/h5-6,9,12H,4,7-8H2,1-3H3. The van der Waals surface area contributed by atoms with Gasteiger partial charge in [-0.15, -0.1) is 11.3 Å². The van der Waals surface area contributed by atoms with Crippen molar-refractivity contribution in [2.75, 3.05) is 6.61 Å². The molecule has 1 rings (SSSR count). The van der Waals surface area contributed by atoms with Crippen molar-refractivity contribution in [3.8, 4) is 0 Å². The van der Waals surface area contributed by atoms with E-state index in [0.29, 0.717) is 5.92 Å². The fourth-order valence-electron chi connectivity index (χ4n) is 1.06. The highest BCUT2D eigenvalue weighted by Gasteiger charge is 1.98. The van der Waals surface area contributed by atoms with Crippen LogP contribution in [0.15, 0.2) is 12.1 Å². The summed E-state index contributed by atoms with van der Waals surface area (Å²) in [5, 5.41) is 0. The van der Waals surface area contributed by atoms with Crippen LogP contribution in [0.2, 0.25) is 0 Å². The van der Waals surface area contributed by atoms with Crippen LogP contribution >= 0.6 is 11.3 Å². The van der Waals surface area contributed by atoms with Crippen molar-refractivity contribution in [2.24, 2.45) is 5.92 Å². The zero-order chi connectivity index (χ0) is 10.4. The maximum absolute atomic E-state index is 5.30. The predicted octanol–water partition coefficient (Wildman–Crippen LogP) is 2.99. The van der Waals surface area contributed by atoms with Crippen molar-refractivity contribution < 1.29 is 4.84 Å². The van der Waals surface area contributed by atoms with Gasteiger partial charge in [-0.3, -0.25) is 0 Å². The molecule has 0 saturated heterocycles. The average molecular weight is 213 g/mol. The normalized spacial score (nSPS) is 11.1. The Hall–Kier alpha value is -0.380. The van der Waals surface area contributed by atoms with Gasteiger partial charge < -0.3 is 4.84 Å². The van der Waals surface area contributed by atoms with Gasteiger partial charge in [0, 0.05) is 9.75 Å². The molecule has 0 fully saturated rings. The number of rotatable bonds is 6. The third-order valence-corrected chi connectivity index (χ3v) is 3.06. The fraction of sp³-hybridized carbons (Fsp3) is 0.636. The van der Waals surface area contributed by atoms with Crippen LogP contribution in [0.1, 0.15) is 30.5 Å². The van der Waals surface area contributed by atoms with Crippen LogP contribution in [0.3, 0.4) is 0 Å². The van der Waals surface area contributed by atoms with Crippen molar-refractivity contribution in [3.63, 3.8) is 0 Å². The zero-order valence-electron chi connectivity index (χ0n) is 9.17. The second-order valence-corrected chi connectivity index (χ2v) is 5.00. The van der Waals surface area contributed by atoms with E-state index in [4.69, 9.17) is 4.84 Å². The quantitative estimate of drug-likeness (QED) is 0.579. The molecular formula is C11H19NOS. The summed E-state index contributed by atoms with van der Waals surface area (Å²) >= 11 is 1.85. The van der Waals surface area contributed by atoms with Crippen LogP contribution in [0.4, 0.5) is 0 Å². The number of hydrogen-bond acceptors (Lipinski definition) is 3. The van der Waals surface area contributed by atoms with Gasteiger partial charge in [-0.2, -0.15) is 5.48 Å². The molecule has 3 heteroatoms. The van der Waals surface area contributed by atoms with Gasteiger partial charge in [0.05, 0.1) is 13.2 Å². The molecule has 0 bridgehead atoms. The lowest BCUT2D eigenvalue weighted by molar-refractivity contribution is 0.0201. The molecule has 1 N–H and O–H groups in total. The van der Waals surface area contributed by atoms with E-state index < -0.39 is 0 Å². The third kappa shape index (κ3) is 4.22. The van der Waals surface area contributed by atoms with Gasteiger partial charge in [-0.05, 0) is 24.5 Å². The average Bonchev–Trinajstić information content (AvgIpc) is 2.60. The van der Waals surface area contributed by atoms with Crippen LogP contribution < -0.4 is 5.48 Å². The van der Waals surface area contributed by atoms with Crippen molar-refractivity contribution >= 4 is 11.3 Å². The van der Waals surface area contributed by atoms with Gasteiger partial charge in [0.1, 0.15) is 0 Å². The van der Waals surface area contributed by atoms with Crippen molar-refractivity contribution in [3.05, 3.63) is 21.9 Å². The third-order valence-electron chi connectivity index (χ3n) is 1.83. The molecule has 0 aliphatic rings. The van der Waals surface area contributed by atoms with Crippen LogP contribution in [-0.2, 0) is 17.8 Å². The Kier molecular flexibility index (Phi) is 5.15. The highest BCUT2D eigenvalue weighted by atomic mass is 32.1. The lowest BCUT2D eigenvalue weighted by Gasteiger charge is -2.06. The number of nitrogens with one attached hydrogen (secondary N) is 1. The van der Waals surface area contributed by atoms with Crippen LogP contribution in [-0.4, -0.2) is 6.61 Å². The summed E-state index contributed by atoms with van der Waals surface area (Å²) in [5.74, 6) is 0.581. The summed E-state index contributed by atoms with van der Waals surface area (Å²) in [6.07, 6.45) is 1.12. The van der Waals surface area contributed by atoms with Gasteiger partial charge in [-0.1, -0.05) is 20.8 Å². The Morgan fingerprint density at radius 2 is 2.07 bits per heavy atom. The van der Waals surface area contributed by atoms with E-state index in [1.807, 2.05) is 11.3 Å². The lowest BCUT2D eigenvalue weighted by Crippen LogP contribution is -2.16. The summed E-state index contributed by atoms with van der Waals surface area (Å²) in [7, 11) is 0. The molecule has 0 unspecified atom stereocenters. The number of hydroxylamine groups is 1. The molecular weight excluding hydrogens is 194 g/mol. The van der Waals surface area contributed by atoms with E-state index in [9.17, 15) is 0 Å². The van der Waals surface area contributed by atoms with Gasteiger partial charge >= 0.3 is 0 Å². The molecule has 0 aliphatic carbocycles. The predicted molar refractivity (Wildman–Crippen MR) is 61.3 cm³/mol. The first-order valence-corrected chi connectivity index (χ1v) is 5.96.